The molecule has 26 heavy (non-hydrogen) atoms. The molecule has 0 saturated carbocycles. The van der Waals surface area contributed by atoms with Gasteiger partial charge in [0.25, 0.3) is 0 Å². The van der Waals surface area contributed by atoms with E-state index in [2.05, 4.69) is 0 Å². The van der Waals surface area contributed by atoms with E-state index in [4.69, 9.17) is 4.74 Å². The summed E-state index contributed by atoms with van der Waals surface area (Å²) in [6, 6.07) is 18.6. The molecule has 0 heterocycles. The van der Waals surface area contributed by atoms with Crippen molar-refractivity contribution in [2.45, 2.75) is 30.7 Å². The van der Waals surface area contributed by atoms with Gasteiger partial charge in [-0.05, 0) is 29.1 Å². The quantitative estimate of drug-likeness (QED) is 0.612. The molecule has 0 bridgehead atoms. The molecular weight excluding hydrogens is 348 g/mol. The summed E-state index contributed by atoms with van der Waals surface area (Å²) >= 11 is 1.40. The Labute approximate surface area is 156 Å². The minimum atomic E-state index is -0.955. The smallest absolute Gasteiger partial charge is 0.336 e. The summed E-state index contributed by atoms with van der Waals surface area (Å²) in [6.07, 6.45) is 0. The van der Waals surface area contributed by atoms with E-state index in [1.54, 1.807) is 18.2 Å². The second-order valence-electron chi connectivity index (χ2n) is 5.46. The van der Waals surface area contributed by atoms with Gasteiger partial charge in [-0.2, -0.15) is 0 Å². The van der Waals surface area contributed by atoms with Gasteiger partial charge in [0.15, 0.2) is 0 Å². The molecule has 1 N–H and O–H groups in total. The highest BCUT2D eigenvalue weighted by atomic mass is 32.2. The maximum Gasteiger partial charge on any atom is 0.336 e. The SMILES string of the molecule is C.CC(=O)OCc1cccc2cccc(Sc3ccccc3C(=O)O)c12. The lowest BCUT2D eigenvalue weighted by atomic mass is 10.1. The van der Waals surface area contributed by atoms with Crippen molar-refractivity contribution in [3.63, 3.8) is 0 Å². The average molecular weight is 368 g/mol. The maximum absolute atomic E-state index is 11.4. The Morgan fingerprint density at radius 2 is 1.62 bits per heavy atom. The predicted octanol–water partition coefficient (Wildman–Crippen LogP) is 5.39. The Hall–Kier alpha value is -2.79. The van der Waals surface area contributed by atoms with E-state index in [9.17, 15) is 14.7 Å². The fraction of sp³-hybridized carbons (Fsp3) is 0.143. The first-order valence-electron chi connectivity index (χ1n) is 7.70. The molecule has 3 rings (SSSR count). The van der Waals surface area contributed by atoms with E-state index in [1.807, 2.05) is 42.5 Å². The number of esters is 1. The Balaban J connectivity index is 0.00000243. The highest BCUT2D eigenvalue weighted by Crippen LogP contribution is 2.37. The normalized spacial score (nSPS) is 10.2. The van der Waals surface area contributed by atoms with E-state index >= 15 is 0 Å². The Morgan fingerprint density at radius 1 is 0.962 bits per heavy atom. The van der Waals surface area contributed by atoms with Crippen LogP contribution in [0.4, 0.5) is 0 Å². The third-order valence-corrected chi connectivity index (χ3v) is 4.86. The highest BCUT2D eigenvalue weighted by molar-refractivity contribution is 7.99. The van der Waals surface area contributed by atoms with Gasteiger partial charge in [-0.1, -0.05) is 61.7 Å². The van der Waals surface area contributed by atoms with E-state index in [-0.39, 0.29) is 25.6 Å². The van der Waals surface area contributed by atoms with Crippen LogP contribution in [0.3, 0.4) is 0 Å². The number of fused-ring (bicyclic) bond motifs is 1. The van der Waals surface area contributed by atoms with Gasteiger partial charge >= 0.3 is 11.9 Å². The molecule has 0 radical (unpaired) electrons. The molecule has 0 aliphatic carbocycles. The van der Waals surface area contributed by atoms with Crippen LogP contribution in [-0.2, 0) is 16.1 Å². The van der Waals surface area contributed by atoms with Crippen molar-refractivity contribution in [2.75, 3.05) is 0 Å². The topological polar surface area (TPSA) is 63.6 Å². The molecule has 0 aliphatic heterocycles. The third-order valence-electron chi connectivity index (χ3n) is 3.72. The van der Waals surface area contributed by atoms with Crippen LogP contribution >= 0.6 is 11.8 Å². The second-order valence-corrected chi connectivity index (χ2v) is 6.54. The van der Waals surface area contributed by atoms with Gasteiger partial charge in [0.05, 0.1) is 5.56 Å². The summed E-state index contributed by atoms with van der Waals surface area (Å²) in [7, 11) is 0. The molecule has 0 fully saturated rings. The van der Waals surface area contributed by atoms with Crippen LogP contribution in [-0.4, -0.2) is 17.0 Å². The molecule has 0 saturated heterocycles. The molecule has 0 aliphatic rings. The number of rotatable bonds is 5. The summed E-state index contributed by atoms with van der Waals surface area (Å²) in [5.41, 5.74) is 1.16. The number of carboxylic acids is 1. The maximum atomic E-state index is 11.4. The van der Waals surface area contributed by atoms with E-state index < -0.39 is 5.97 Å². The van der Waals surface area contributed by atoms with Crippen molar-refractivity contribution < 1.29 is 19.4 Å². The van der Waals surface area contributed by atoms with E-state index in [0.29, 0.717) is 4.90 Å². The minimum Gasteiger partial charge on any atom is -0.478 e. The number of hydrogen-bond donors (Lipinski definition) is 1. The summed E-state index contributed by atoms with van der Waals surface area (Å²) in [6.45, 7) is 1.56. The number of ether oxygens (including phenoxy) is 1. The zero-order valence-electron chi connectivity index (χ0n) is 13.6. The monoisotopic (exact) mass is 368 g/mol. The largest absolute Gasteiger partial charge is 0.478 e. The predicted molar refractivity (Wildman–Crippen MR) is 104 cm³/mol. The van der Waals surface area contributed by atoms with Gasteiger partial charge in [-0.3, -0.25) is 4.79 Å². The van der Waals surface area contributed by atoms with E-state index in [0.717, 1.165) is 21.2 Å². The first-order chi connectivity index (χ1) is 12.1. The van der Waals surface area contributed by atoms with Crippen molar-refractivity contribution >= 4 is 34.5 Å². The zero-order valence-corrected chi connectivity index (χ0v) is 14.4. The lowest BCUT2D eigenvalue weighted by Gasteiger charge is -2.12. The van der Waals surface area contributed by atoms with Gasteiger partial charge in [-0.15, -0.1) is 0 Å². The van der Waals surface area contributed by atoms with Gasteiger partial charge < -0.3 is 9.84 Å². The summed E-state index contributed by atoms with van der Waals surface area (Å²) in [5, 5.41) is 11.4. The molecular formula is C21H20O4S. The summed E-state index contributed by atoms with van der Waals surface area (Å²) < 4.78 is 5.16. The molecule has 0 unspecified atom stereocenters. The van der Waals surface area contributed by atoms with Crippen molar-refractivity contribution in [3.05, 3.63) is 71.8 Å². The Morgan fingerprint density at radius 3 is 2.31 bits per heavy atom. The zero-order chi connectivity index (χ0) is 17.8. The number of benzene rings is 3. The van der Waals surface area contributed by atoms with Crippen molar-refractivity contribution in [3.8, 4) is 0 Å². The fourth-order valence-corrected chi connectivity index (χ4v) is 3.76. The Kier molecular flexibility index (Phi) is 6.41. The van der Waals surface area contributed by atoms with Crippen LogP contribution in [0.5, 0.6) is 0 Å². The molecule has 134 valence electrons. The molecule has 5 heteroatoms. The fourth-order valence-electron chi connectivity index (χ4n) is 2.62. The van der Waals surface area contributed by atoms with Gasteiger partial charge in [0.2, 0.25) is 0 Å². The van der Waals surface area contributed by atoms with Crippen LogP contribution in [0.1, 0.15) is 30.3 Å². The summed E-state index contributed by atoms with van der Waals surface area (Å²) in [4.78, 5) is 24.2. The van der Waals surface area contributed by atoms with Crippen LogP contribution in [0.2, 0.25) is 0 Å². The third kappa shape index (κ3) is 4.24. The summed E-state index contributed by atoms with van der Waals surface area (Å²) in [5.74, 6) is -1.29. The molecule has 0 spiro atoms. The number of hydrogen-bond acceptors (Lipinski definition) is 4. The average Bonchev–Trinajstić information content (AvgIpc) is 2.60. The molecule has 3 aromatic carbocycles. The van der Waals surface area contributed by atoms with Crippen molar-refractivity contribution in [1.82, 2.24) is 0 Å². The second kappa shape index (κ2) is 8.54. The van der Waals surface area contributed by atoms with Gasteiger partial charge in [0, 0.05) is 22.1 Å². The van der Waals surface area contributed by atoms with Crippen LogP contribution < -0.4 is 0 Å². The van der Waals surface area contributed by atoms with Crippen molar-refractivity contribution in [2.24, 2.45) is 0 Å². The first kappa shape index (κ1) is 19.5. The van der Waals surface area contributed by atoms with Crippen LogP contribution in [0, 0.1) is 0 Å². The lowest BCUT2D eigenvalue weighted by Crippen LogP contribution is -2.00. The molecule has 0 aromatic heterocycles. The molecule has 4 nitrogen and oxygen atoms in total. The standard InChI is InChI=1S/C20H16O4S.CH4/c1-13(21)24-12-15-8-4-6-14-7-5-11-18(19(14)15)25-17-10-3-2-9-16(17)20(22)23;/h2-11H,12H2,1H3,(H,22,23);1H4. The lowest BCUT2D eigenvalue weighted by molar-refractivity contribution is -0.142. The van der Waals surface area contributed by atoms with Gasteiger partial charge in [0.1, 0.15) is 6.61 Å². The molecule has 3 aromatic rings. The molecule has 0 amide bonds. The first-order valence-corrected chi connectivity index (χ1v) is 8.52. The number of aromatic carboxylic acids is 1. The minimum absolute atomic E-state index is 0. The van der Waals surface area contributed by atoms with Gasteiger partial charge in [-0.25, -0.2) is 4.79 Å². The molecule has 0 atom stereocenters. The number of carboxylic acid groups (broad SMARTS) is 1. The van der Waals surface area contributed by atoms with Crippen LogP contribution in [0.15, 0.2) is 70.5 Å². The number of carbonyl (C=O) groups excluding carboxylic acids is 1. The highest BCUT2D eigenvalue weighted by Gasteiger charge is 2.13. The van der Waals surface area contributed by atoms with Crippen molar-refractivity contribution in [1.29, 1.82) is 0 Å². The van der Waals surface area contributed by atoms with E-state index in [1.165, 1.54) is 18.7 Å². The number of carbonyl (C=O) groups is 2. The Bertz CT molecular complexity index is 944. The van der Waals surface area contributed by atoms with Crippen LogP contribution in [0.25, 0.3) is 10.8 Å².